The second-order valence-corrected chi connectivity index (χ2v) is 6.75. The number of benzene rings is 1. The maximum absolute atomic E-state index is 12.6. The van der Waals surface area contributed by atoms with Crippen LogP contribution in [0.3, 0.4) is 0 Å². The first-order valence-electron chi connectivity index (χ1n) is 8.29. The van der Waals surface area contributed by atoms with Crippen molar-refractivity contribution in [3.8, 4) is 5.75 Å². The molecule has 134 valence electrons. The van der Waals surface area contributed by atoms with E-state index in [4.69, 9.17) is 9.47 Å². The number of thiazole rings is 1. The van der Waals surface area contributed by atoms with E-state index in [2.05, 4.69) is 20.2 Å². The normalized spacial score (nSPS) is 14.4. The van der Waals surface area contributed by atoms with Gasteiger partial charge in [-0.1, -0.05) is 6.07 Å². The van der Waals surface area contributed by atoms with Crippen molar-refractivity contribution in [2.45, 2.75) is 0 Å². The van der Waals surface area contributed by atoms with E-state index in [0.29, 0.717) is 35.3 Å². The van der Waals surface area contributed by atoms with Gasteiger partial charge in [-0.15, -0.1) is 11.3 Å². The molecule has 3 heterocycles. The Morgan fingerprint density at radius 3 is 2.85 bits per heavy atom. The number of nitrogens with zero attached hydrogens (tertiary/aromatic N) is 3. The van der Waals surface area contributed by atoms with Gasteiger partial charge in [-0.2, -0.15) is 0 Å². The number of rotatable bonds is 4. The predicted molar refractivity (Wildman–Crippen MR) is 101 cm³/mol. The molecular formula is C18H18N4O3S. The number of pyridine rings is 1. The number of hydrogen-bond donors (Lipinski definition) is 1. The van der Waals surface area contributed by atoms with Gasteiger partial charge in [-0.05, 0) is 24.3 Å². The zero-order chi connectivity index (χ0) is 17.9. The van der Waals surface area contributed by atoms with E-state index in [1.165, 1.54) is 11.3 Å². The number of carbonyl (C=O) groups is 1. The molecule has 7 nitrogen and oxygen atoms in total. The van der Waals surface area contributed by atoms with Gasteiger partial charge in [0.1, 0.15) is 17.1 Å². The molecule has 0 bridgehead atoms. The zero-order valence-corrected chi connectivity index (χ0v) is 15.1. The van der Waals surface area contributed by atoms with Crippen LogP contribution in [0.15, 0.2) is 36.5 Å². The minimum absolute atomic E-state index is 0.278. The first kappa shape index (κ1) is 16.7. The number of anilines is 2. The summed E-state index contributed by atoms with van der Waals surface area (Å²) < 4.78 is 11.8. The minimum Gasteiger partial charge on any atom is -0.494 e. The topological polar surface area (TPSA) is 76.6 Å². The molecule has 1 N–H and O–H groups in total. The number of carbonyl (C=O) groups excluding carboxylic acids is 1. The van der Waals surface area contributed by atoms with Crippen LogP contribution in [0.5, 0.6) is 5.75 Å². The number of nitrogens with one attached hydrogen (secondary N) is 1. The highest BCUT2D eigenvalue weighted by Crippen LogP contribution is 2.38. The third-order valence-electron chi connectivity index (χ3n) is 4.16. The van der Waals surface area contributed by atoms with Gasteiger partial charge < -0.3 is 19.7 Å². The first-order valence-corrected chi connectivity index (χ1v) is 9.10. The van der Waals surface area contributed by atoms with Crippen LogP contribution in [0.4, 0.5) is 11.5 Å². The van der Waals surface area contributed by atoms with E-state index in [9.17, 15) is 4.79 Å². The van der Waals surface area contributed by atoms with Gasteiger partial charge in [-0.3, -0.25) is 4.79 Å². The SMILES string of the molecule is COc1ccc(N2CCOCC2)c2sc(C(=O)Nc3ccccn3)nc12. The fourth-order valence-corrected chi connectivity index (χ4v) is 3.91. The van der Waals surface area contributed by atoms with Crippen LogP contribution in [-0.4, -0.2) is 49.3 Å². The van der Waals surface area contributed by atoms with Crippen molar-refractivity contribution in [3.63, 3.8) is 0 Å². The summed E-state index contributed by atoms with van der Waals surface area (Å²) in [5.74, 6) is 0.877. The molecule has 2 aromatic heterocycles. The lowest BCUT2D eigenvalue weighted by Crippen LogP contribution is -2.36. The van der Waals surface area contributed by atoms with Crippen LogP contribution in [-0.2, 0) is 4.74 Å². The van der Waals surface area contributed by atoms with Crippen LogP contribution < -0.4 is 15.0 Å². The molecule has 3 aromatic rings. The average molecular weight is 370 g/mol. The number of morpholine rings is 1. The molecule has 0 aliphatic carbocycles. The fourth-order valence-electron chi connectivity index (χ4n) is 2.89. The van der Waals surface area contributed by atoms with E-state index in [1.807, 2.05) is 18.2 Å². The van der Waals surface area contributed by atoms with Crippen LogP contribution in [0, 0.1) is 0 Å². The lowest BCUT2D eigenvalue weighted by atomic mass is 10.2. The third kappa shape index (κ3) is 3.21. The van der Waals surface area contributed by atoms with Crippen molar-refractivity contribution in [1.82, 2.24) is 9.97 Å². The Hall–Kier alpha value is -2.71. The molecule has 1 aliphatic rings. The van der Waals surface area contributed by atoms with Crippen molar-refractivity contribution in [3.05, 3.63) is 41.5 Å². The van der Waals surface area contributed by atoms with Crippen molar-refractivity contribution < 1.29 is 14.3 Å². The van der Waals surface area contributed by atoms with Crippen LogP contribution in [0.25, 0.3) is 10.2 Å². The summed E-state index contributed by atoms with van der Waals surface area (Å²) in [5, 5.41) is 3.16. The lowest BCUT2D eigenvalue weighted by Gasteiger charge is -2.29. The largest absolute Gasteiger partial charge is 0.494 e. The van der Waals surface area contributed by atoms with Crippen LogP contribution in [0.2, 0.25) is 0 Å². The van der Waals surface area contributed by atoms with Crippen molar-refractivity contribution in [1.29, 1.82) is 0 Å². The Labute approximate surface area is 154 Å². The Bertz CT molecular complexity index is 923. The second kappa shape index (κ2) is 7.27. The summed E-state index contributed by atoms with van der Waals surface area (Å²) in [6.07, 6.45) is 1.63. The Morgan fingerprint density at radius 1 is 1.27 bits per heavy atom. The third-order valence-corrected chi connectivity index (χ3v) is 5.23. The summed E-state index contributed by atoms with van der Waals surface area (Å²) in [4.78, 5) is 23.5. The number of ether oxygens (including phenoxy) is 2. The fraction of sp³-hybridized carbons (Fsp3) is 0.278. The van der Waals surface area contributed by atoms with Gasteiger partial charge in [0.05, 0.1) is 30.7 Å². The van der Waals surface area contributed by atoms with Crippen molar-refractivity contribution >= 4 is 39.0 Å². The maximum Gasteiger partial charge on any atom is 0.285 e. The van der Waals surface area contributed by atoms with Gasteiger partial charge in [0, 0.05) is 19.3 Å². The molecule has 0 radical (unpaired) electrons. The molecule has 1 amide bonds. The summed E-state index contributed by atoms with van der Waals surface area (Å²) in [6, 6.07) is 9.27. The molecule has 26 heavy (non-hydrogen) atoms. The monoisotopic (exact) mass is 370 g/mol. The van der Waals surface area contributed by atoms with Gasteiger partial charge in [0.2, 0.25) is 0 Å². The summed E-state index contributed by atoms with van der Waals surface area (Å²) in [5.41, 5.74) is 1.76. The molecular weight excluding hydrogens is 352 g/mol. The van der Waals surface area contributed by atoms with Crippen molar-refractivity contribution in [2.75, 3.05) is 43.6 Å². The Balaban J connectivity index is 1.71. The van der Waals surface area contributed by atoms with Gasteiger partial charge >= 0.3 is 0 Å². The molecule has 0 saturated carbocycles. The van der Waals surface area contributed by atoms with E-state index in [-0.39, 0.29) is 5.91 Å². The Kier molecular flexibility index (Phi) is 4.68. The second-order valence-electron chi connectivity index (χ2n) is 5.75. The molecule has 0 unspecified atom stereocenters. The highest BCUT2D eigenvalue weighted by molar-refractivity contribution is 7.21. The van der Waals surface area contributed by atoms with E-state index in [1.54, 1.807) is 25.4 Å². The van der Waals surface area contributed by atoms with Gasteiger partial charge in [-0.25, -0.2) is 9.97 Å². The molecule has 1 aromatic carbocycles. The highest BCUT2D eigenvalue weighted by Gasteiger charge is 2.21. The number of fused-ring (bicyclic) bond motifs is 1. The molecule has 1 aliphatic heterocycles. The maximum atomic E-state index is 12.6. The van der Waals surface area contributed by atoms with Crippen molar-refractivity contribution in [2.24, 2.45) is 0 Å². The highest BCUT2D eigenvalue weighted by atomic mass is 32.1. The van der Waals surface area contributed by atoms with Crippen LogP contribution in [0.1, 0.15) is 9.80 Å². The zero-order valence-electron chi connectivity index (χ0n) is 14.3. The van der Waals surface area contributed by atoms with E-state index < -0.39 is 0 Å². The first-order chi connectivity index (χ1) is 12.8. The Morgan fingerprint density at radius 2 is 2.12 bits per heavy atom. The average Bonchev–Trinajstić information content (AvgIpc) is 3.14. The summed E-state index contributed by atoms with van der Waals surface area (Å²) in [7, 11) is 1.61. The van der Waals surface area contributed by atoms with E-state index >= 15 is 0 Å². The number of methoxy groups -OCH3 is 1. The standard InChI is InChI=1S/C18H18N4O3S/c1-24-13-6-5-12(22-8-10-25-11-9-22)16-15(13)21-18(26-16)17(23)20-14-4-2-3-7-19-14/h2-7H,8-11H2,1H3,(H,19,20,23). The molecule has 0 atom stereocenters. The number of hydrogen-bond acceptors (Lipinski definition) is 7. The van der Waals surface area contributed by atoms with Crippen LogP contribution >= 0.6 is 11.3 Å². The summed E-state index contributed by atoms with van der Waals surface area (Å²) >= 11 is 1.36. The molecule has 0 spiro atoms. The molecule has 1 saturated heterocycles. The lowest BCUT2D eigenvalue weighted by molar-refractivity contribution is 0.102. The van der Waals surface area contributed by atoms with Gasteiger partial charge in [0.25, 0.3) is 5.91 Å². The number of aromatic nitrogens is 2. The number of amides is 1. The molecule has 8 heteroatoms. The molecule has 1 fully saturated rings. The van der Waals surface area contributed by atoms with Gasteiger partial charge in [0.15, 0.2) is 5.01 Å². The summed E-state index contributed by atoms with van der Waals surface area (Å²) in [6.45, 7) is 3.02. The quantitative estimate of drug-likeness (QED) is 0.761. The van der Waals surface area contributed by atoms with E-state index in [0.717, 1.165) is 23.5 Å². The molecule has 4 rings (SSSR count). The smallest absolute Gasteiger partial charge is 0.285 e. The predicted octanol–water partition coefficient (Wildman–Crippen LogP) is 2.79. The minimum atomic E-state index is -0.278.